The Bertz CT molecular complexity index is 800. The predicted octanol–water partition coefficient (Wildman–Crippen LogP) is 3.50. The van der Waals surface area contributed by atoms with Crippen LogP contribution in [-0.4, -0.2) is 29.6 Å². The number of hydrogen-bond donors (Lipinski definition) is 0. The molecular weight excluding hydrogens is 332 g/mol. The van der Waals surface area contributed by atoms with Crippen molar-refractivity contribution in [2.75, 3.05) is 6.61 Å². The van der Waals surface area contributed by atoms with Crippen molar-refractivity contribution < 1.29 is 18.7 Å². The first kappa shape index (κ1) is 16.4. The summed E-state index contributed by atoms with van der Waals surface area (Å²) in [7, 11) is 0. The van der Waals surface area contributed by atoms with Crippen LogP contribution in [0.4, 0.5) is 0 Å². The van der Waals surface area contributed by atoms with Gasteiger partial charge in [-0.2, -0.15) is 5.01 Å². The minimum atomic E-state index is -0.655. The van der Waals surface area contributed by atoms with Crippen LogP contribution in [0.5, 0.6) is 5.75 Å². The van der Waals surface area contributed by atoms with Gasteiger partial charge in [-0.3, -0.25) is 4.79 Å². The average molecular weight is 349 g/mol. The van der Waals surface area contributed by atoms with E-state index >= 15 is 0 Å². The highest BCUT2D eigenvalue weighted by atomic mass is 35.5. The average Bonchev–Trinajstić information content (AvgIpc) is 3.12. The Morgan fingerprint density at radius 1 is 1.33 bits per heavy atom. The van der Waals surface area contributed by atoms with Crippen molar-refractivity contribution in [1.29, 1.82) is 0 Å². The fourth-order valence-corrected chi connectivity index (χ4v) is 2.56. The summed E-state index contributed by atoms with van der Waals surface area (Å²) in [5.74, 6) is 1.91. The van der Waals surface area contributed by atoms with E-state index < -0.39 is 6.23 Å². The van der Waals surface area contributed by atoms with Crippen LogP contribution in [0.15, 0.2) is 39.9 Å². The van der Waals surface area contributed by atoms with Crippen LogP contribution in [0, 0.1) is 13.8 Å². The van der Waals surface area contributed by atoms with Crippen LogP contribution < -0.4 is 4.74 Å². The zero-order valence-electron chi connectivity index (χ0n) is 13.6. The number of furan rings is 1. The van der Waals surface area contributed by atoms with E-state index in [1.54, 1.807) is 24.3 Å². The molecule has 1 amide bonds. The molecule has 0 fully saturated rings. The maximum atomic E-state index is 11.8. The molecule has 1 aliphatic rings. The Morgan fingerprint density at radius 2 is 2.12 bits per heavy atom. The molecule has 0 aliphatic carbocycles. The quantitative estimate of drug-likeness (QED) is 0.848. The second-order valence-corrected chi connectivity index (χ2v) is 5.91. The maximum Gasteiger partial charge on any atom is 0.277 e. The summed E-state index contributed by atoms with van der Waals surface area (Å²) in [6.45, 7) is 5.27. The molecule has 1 unspecified atom stereocenters. The van der Waals surface area contributed by atoms with Crippen LogP contribution in [0.3, 0.4) is 0 Å². The summed E-state index contributed by atoms with van der Waals surface area (Å²) in [5, 5.41) is 6.07. The number of aryl methyl sites for hydroxylation is 2. The summed E-state index contributed by atoms with van der Waals surface area (Å²) in [4.78, 5) is 11.8. The highest BCUT2D eigenvalue weighted by Gasteiger charge is 2.33. The van der Waals surface area contributed by atoms with E-state index in [1.165, 1.54) is 11.9 Å². The molecule has 3 rings (SSSR count). The number of halogens is 1. The van der Waals surface area contributed by atoms with Crippen LogP contribution in [0.2, 0.25) is 5.02 Å². The van der Waals surface area contributed by atoms with Crippen molar-refractivity contribution in [2.24, 2.45) is 5.10 Å². The van der Waals surface area contributed by atoms with E-state index in [2.05, 4.69) is 5.10 Å². The number of nitrogens with zero attached hydrogens (tertiary/aromatic N) is 2. The number of amides is 1. The summed E-state index contributed by atoms with van der Waals surface area (Å²) in [6.07, 6.45) is -0.655. The first-order valence-corrected chi connectivity index (χ1v) is 7.82. The van der Waals surface area contributed by atoms with Crippen LogP contribution in [-0.2, 0) is 9.53 Å². The summed E-state index contributed by atoms with van der Waals surface area (Å²) in [5.41, 5.74) is 0.901. The Hall–Kier alpha value is -2.47. The van der Waals surface area contributed by atoms with Crippen molar-refractivity contribution in [3.05, 3.63) is 52.4 Å². The van der Waals surface area contributed by atoms with Crippen molar-refractivity contribution in [1.82, 2.24) is 5.01 Å². The molecule has 2 aromatic rings. The van der Waals surface area contributed by atoms with E-state index in [-0.39, 0.29) is 18.4 Å². The number of ether oxygens (including phenoxy) is 2. The Morgan fingerprint density at radius 3 is 2.75 bits per heavy atom. The van der Waals surface area contributed by atoms with Crippen molar-refractivity contribution in [3.8, 4) is 5.75 Å². The van der Waals surface area contributed by atoms with Gasteiger partial charge in [0, 0.05) is 11.9 Å². The molecule has 1 aliphatic heterocycles. The molecular formula is C17H17ClN2O4. The van der Waals surface area contributed by atoms with Gasteiger partial charge in [0.2, 0.25) is 12.1 Å². The molecule has 7 heteroatoms. The third-order valence-electron chi connectivity index (χ3n) is 3.51. The van der Waals surface area contributed by atoms with Gasteiger partial charge < -0.3 is 13.9 Å². The molecule has 0 radical (unpaired) electrons. The number of benzene rings is 1. The highest BCUT2D eigenvalue weighted by molar-refractivity contribution is 6.30. The van der Waals surface area contributed by atoms with Gasteiger partial charge >= 0.3 is 0 Å². The SMILES string of the molecule is CC(=O)N1N=C(c2ccc(C)o2)OC1COc1ccc(Cl)cc1C. The number of rotatable bonds is 4. The van der Waals surface area contributed by atoms with Crippen LogP contribution in [0.25, 0.3) is 0 Å². The van der Waals surface area contributed by atoms with Gasteiger partial charge in [0.05, 0.1) is 0 Å². The molecule has 24 heavy (non-hydrogen) atoms. The number of carbonyl (C=O) groups is 1. The van der Waals surface area contributed by atoms with E-state index in [4.69, 9.17) is 25.5 Å². The molecule has 0 spiro atoms. The lowest BCUT2D eigenvalue weighted by Crippen LogP contribution is -2.36. The van der Waals surface area contributed by atoms with Crippen molar-refractivity contribution in [2.45, 2.75) is 27.0 Å². The summed E-state index contributed by atoms with van der Waals surface area (Å²) in [6, 6.07) is 8.89. The minimum Gasteiger partial charge on any atom is -0.487 e. The summed E-state index contributed by atoms with van der Waals surface area (Å²) >= 11 is 5.94. The third kappa shape index (κ3) is 3.38. The van der Waals surface area contributed by atoms with Gasteiger partial charge in [-0.15, -0.1) is 5.10 Å². The van der Waals surface area contributed by atoms with E-state index in [0.717, 1.165) is 11.3 Å². The standard InChI is InChI=1S/C17H17ClN2O4/c1-10-8-13(18)5-7-14(10)22-9-16-20(12(3)21)19-17(24-16)15-6-4-11(2)23-15/h4-8,16H,9H2,1-3H3. The minimum absolute atomic E-state index is 0.134. The maximum absolute atomic E-state index is 11.8. The smallest absolute Gasteiger partial charge is 0.277 e. The van der Waals surface area contributed by atoms with Crippen molar-refractivity contribution >= 4 is 23.4 Å². The number of hydrazone groups is 1. The number of hydrogen-bond acceptors (Lipinski definition) is 5. The molecule has 0 N–H and O–H groups in total. The highest BCUT2D eigenvalue weighted by Crippen LogP contribution is 2.24. The van der Waals surface area contributed by atoms with Gasteiger partial charge in [-0.05, 0) is 49.7 Å². The van der Waals surface area contributed by atoms with Crippen LogP contribution >= 0.6 is 11.6 Å². The molecule has 1 atom stereocenters. The van der Waals surface area contributed by atoms with Gasteiger partial charge in [0.15, 0.2) is 5.76 Å². The lowest BCUT2D eigenvalue weighted by atomic mass is 10.2. The van der Waals surface area contributed by atoms with E-state index in [9.17, 15) is 4.79 Å². The summed E-state index contributed by atoms with van der Waals surface area (Å²) < 4.78 is 17.0. The third-order valence-corrected chi connectivity index (χ3v) is 3.75. The fourth-order valence-electron chi connectivity index (χ4n) is 2.34. The largest absolute Gasteiger partial charge is 0.487 e. The Kier molecular flexibility index (Phi) is 4.49. The molecule has 0 saturated heterocycles. The second-order valence-electron chi connectivity index (χ2n) is 5.47. The molecule has 2 heterocycles. The van der Waals surface area contributed by atoms with Crippen molar-refractivity contribution in [3.63, 3.8) is 0 Å². The Labute approximate surface area is 144 Å². The molecule has 0 bridgehead atoms. The lowest BCUT2D eigenvalue weighted by Gasteiger charge is -2.19. The normalized spacial score (nSPS) is 16.8. The molecule has 1 aromatic carbocycles. The fraction of sp³-hybridized carbons (Fsp3) is 0.294. The zero-order valence-corrected chi connectivity index (χ0v) is 14.3. The van der Waals surface area contributed by atoms with E-state index in [1.807, 2.05) is 19.9 Å². The zero-order chi connectivity index (χ0) is 17.3. The second kappa shape index (κ2) is 6.57. The van der Waals surface area contributed by atoms with E-state index in [0.29, 0.717) is 16.5 Å². The van der Waals surface area contributed by atoms with Gasteiger partial charge in [0.1, 0.15) is 18.1 Å². The van der Waals surface area contributed by atoms with Gasteiger partial charge in [0.25, 0.3) is 5.90 Å². The topological polar surface area (TPSA) is 64.3 Å². The molecule has 126 valence electrons. The number of carbonyl (C=O) groups excluding carboxylic acids is 1. The van der Waals surface area contributed by atoms with Crippen LogP contribution in [0.1, 0.15) is 24.0 Å². The first-order valence-electron chi connectivity index (χ1n) is 7.45. The Balaban J connectivity index is 1.72. The molecule has 0 saturated carbocycles. The lowest BCUT2D eigenvalue weighted by molar-refractivity contribution is -0.136. The van der Waals surface area contributed by atoms with Gasteiger partial charge in [-0.25, -0.2) is 0 Å². The van der Waals surface area contributed by atoms with Gasteiger partial charge in [-0.1, -0.05) is 11.6 Å². The predicted molar refractivity (Wildman–Crippen MR) is 89.1 cm³/mol. The molecule has 1 aromatic heterocycles. The monoisotopic (exact) mass is 348 g/mol. The molecule has 6 nitrogen and oxygen atoms in total. The first-order chi connectivity index (χ1) is 11.4.